The van der Waals surface area contributed by atoms with Gasteiger partial charge in [-0.2, -0.15) is 4.98 Å². The third-order valence-electron chi connectivity index (χ3n) is 4.32. The first kappa shape index (κ1) is 19.0. The van der Waals surface area contributed by atoms with Crippen LogP contribution in [0, 0.1) is 0 Å². The van der Waals surface area contributed by atoms with Gasteiger partial charge < -0.3 is 15.5 Å². The molecule has 0 saturated carbocycles. The minimum Gasteiger partial charge on any atom is -0.372 e. The van der Waals surface area contributed by atoms with Crippen LogP contribution in [0.3, 0.4) is 0 Å². The van der Waals surface area contributed by atoms with Crippen LogP contribution in [0.15, 0.2) is 60.8 Å². The van der Waals surface area contributed by atoms with Gasteiger partial charge in [0.15, 0.2) is 0 Å². The molecule has 0 aliphatic carbocycles. The van der Waals surface area contributed by atoms with Crippen molar-refractivity contribution in [1.82, 2.24) is 9.97 Å². The highest BCUT2D eigenvalue weighted by molar-refractivity contribution is 6.31. The largest absolute Gasteiger partial charge is 0.372 e. The summed E-state index contributed by atoms with van der Waals surface area (Å²) in [5.74, 6) is 1.29. The summed E-state index contributed by atoms with van der Waals surface area (Å²) in [6.07, 6.45) is 1.73. The third kappa shape index (κ3) is 5.11. The Kier molecular flexibility index (Phi) is 6.49. The monoisotopic (exact) mass is 381 g/mol. The van der Waals surface area contributed by atoms with Gasteiger partial charge in [0.25, 0.3) is 0 Å². The molecule has 5 nitrogen and oxygen atoms in total. The number of hydrogen-bond donors (Lipinski definition) is 2. The van der Waals surface area contributed by atoms with Crippen molar-refractivity contribution in [3.05, 3.63) is 71.4 Å². The first-order chi connectivity index (χ1) is 13.2. The van der Waals surface area contributed by atoms with Gasteiger partial charge in [-0.25, -0.2) is 4.98 Å². The van der Waals surface area contributed by atoms with Crippen LogP contribution < -0.4 is 15.5 Å². The molecule has 0 unspecified atom stereocenters. The maximum Gasteiger partial charge on any atom is 0.224 e. The minimum absolute atomic E-state index is 0.555. The van der Waals surface area contributed by atoms with Gasteiger partial charge in [-0.1, -0.05) is 29.8 Å². The van der Waals surface area contributed by atoms with E-state index in [0.717, 1.165) is 35.2 Å². The quantitative estimate of drug-likeness (QED) is 0.552. The highest BCUT2D eigenvalue weighted by Gasteiger charge is 2.04. The Labute approximate surface area is 165 Å². The number of nitrogens with zero attached hydrogens (tertiary/aromatic N) is 3. The second-order valence-corrected chi connectivity index (χ2v) is 6.46. The van der Waals surface area contributed by atoms with Crippen molar-refractivity contribution in [2.24, 2.45) is 0 Å². The maximum atomic E-state index is 6.19. The van der Waals surface area contributed by atoms with Crippen molar-refractivity contribution >= 4 is 34.7 Å². The van der Waals surface area contributed by atoms with Crippen molar-refractivity contribution in [3.8, 4) is 0 Å². The molecule has 1 heterocycles. The molecule has 0 atom stereocenters. The molecule has 0 saturated heterocycles. The number of nitrogens with one attached hydrogen (secondary N) is 2. The van der Waals surface area contributed by atoms with E-state index in [1.54, 1.807) is 6.20 Å². The first-order valence-electron chi connectivity index (χ1n) is 9.12. The van der Waals surface area contributed by atoms with Crippen LogP contribution in [0.4, 0.5) is 23.1 Å². The SMILES string of the molecule is CCN(CC)c1ccc(Nc2ccnc(NCc3ccccc3Cl)n2)cc1. The van der Waals surface area contributed by atoms with Crippen molar-refractivity contribution in [3.63, 3.8) is 0 Å². The summed E-state index contributed by atoms with van der Waals surface area (Å²) < 4.78 is 0. The molecule has 3 aromatic rings. The lowest BCUT2D eigenvalue weighted by Crippen LogP contribution is -2.21. The van der Waals surface area contributed by atoms with Crippen molar-refractivity contribution in [1.29, 1.82) is 0 Å². The van der Waals surface area contributed by atoms with Crippen LogP contribution in [0.1, 0.15) is 19.4 Å². The van der Waals surface area contributed by atoms with Crippen LogP contribution in [-0.2, 0) is 6.54 Å². The molecule has 0 amide bonds. The maximum absolute atomic E-state index is 6.19. The van der Waals surface area contributed by atoms with E-state index < -0.39 is 0 Å². The van der Waals surface area contributed by atoms with Gasteiger partial charge >= 0.3 is 0 Å². The van der Waals surface area contributed by atoms with E-state index >= 15 is 0 Å². The molecule has 6 heteroatoms. The van der Waals surface area contributed by atoms with Gasteiger partial charge in [0.05, 0.1) is 0 Å². The van der Waals surface area contributed by atoms with E-state index in [2.05, 4.69) is 63.6 Å². The zero-order valence-electron chi connectivity index (χ0n) is 15.6. The molecule has 1 aromatic heterocycles. The van der Waals surface area contributed by atoms with Gasteiger partial charge in [-0.05, 0) is 55.8 Å². The lowest BCUT2D eigenvalue weighted by atomic mass is 10.2. The predicted octanol–water partition coefficient (Wildman–Crippen LogP) is 5.33. The Balaban J connectivity index is 1.64. The smallest absolute Gasteiger partial charge is 0.224 e. The van der Waals surface area contributed by atoms with Crippen molar-refractivity contribution < 1.29 is 0 Å². The number of benzene rings is 2. The molecule has 27 heavy (non-hydrogen) atoms. The van der Waals surface area contributed by atoms with Gasteiger partial charge in [0, 0.05) is 42.2 Å². The highest BCUT2D eigenvalue weighted by Crippen LogP contribution is 2.21. The van der Waals surface area contributed by atoms with Crippen LogP contribution in [0.2, 0.25) is 5.02 Å². The highest BCUT2D eigenvalue weighted by atomic mass is 35.5. The molecule has 2 N–H and O–H groups in total. The normalized spacial score (nSPS) is 10.5. The molecule has 0 radical (unpaired) electrons. The Hall–Kier alpha value is -2.79. The molecule has 3 rings (SSSR count). The fraction of sp³-hybridized carbons (Fsp3) is 0.238. The van der Waals surface area contributed by atoms with Gasteiger partial charge in [-0.3, -0.25) is 0 Å². The number of aromatic nitrogens is 2. The summed E-state index contributed by atoms with van der Waals surface area (Å²) in [6.45, 7) is 6.88. The molecule has 0 aliphatic rings. The summed E-state index contributed by atoms with van der Waals surface area (Å²) in [5.41, 5.74) is 3.21. The summed E-state index contributed by atoms with van der Waals surface area (Å²) in [7, 11) is 0. The Morgan fingerprint density at radius 2 is 1.70 bits per heavy atom. The Bertz CT molecular complexity index is 862. The van der Waals surface area contributed by atoms with Crippen molar-refractivity contribution in [2.75, 3.05) is 28.6 Å². The Morgan fingerprint density at radius 1 is 0.963 bits per heavy atom. The second kappa shape index (κ2) is 9.24. The zero-order valence-corrected chi connectivity index (χ0v) is 16.4. The average Bonchev–Trinajstić information content (AvgIpc) is 2.70. The lowest BCUT2D eigenvalue weighted by molar-refractivity contribution is 0.866. The standard InChI is InChI=1S/C21H24ClN5/c1-3-27(4-2)18-11-9-17(10-12-18)25-20-13-14-23-21(26-20)24-15-16-7-5-6-8-19(16)22/h5-14H,3-4,15H2,1-2H3,(H2,23,24,25,26). The molecule has 0 aliphatic heterocycles. The minimum atomic E-state index is 0.555. The van der Waals surface area contributed by atoms with Crippen molar-refractivity contribution in [2.45, 2.75) is 20.4 Å². The number of hydrogen-bond acceptors (Lipinski definition) is 5. The molecular formula is C21H24ClN5. The topological polar surface area (TPSA) is 53.1 Å². The first-order valence-corrected chi connectivity index (χ1v) is 9.49. The van der Waals surface area contributed by atoms with E-state index in [9.17, 15) is 0 Å². The summed E-state index contributed by atoms with van der Waals surface area (Å²) in [5, 5.41) is 7.26. The van der Waals surface area contributed by atoms with Crippen LogP contribution in [-0.4, -0.2) is 23.1 Å². The lowest BCUT2D eigenvalue weighted by Gasteiger charge is -2.21. The second-order valence-electron chi connectivity index (χ2n) is 6.05. The number of anilines is 4. The van der Waals surface area contributed by atoms with Crippen LogP contribution in [0.25, 0.3) is 0 Å². The number of halogens is 1. The molecule has 0 spiro atoms. The molecule has 0 fully saturated rings. The van der Waals surface area contributed by atoms with E-state index in [4.69, 9.17) is 11.6 Å². The fourth-order valence-corrected chi connectivity index (χ4v) is 3.02. The Morgan fingerprint density at radius 3 is 2.41 bits per heavy atom. The number of rotatable bonds is 8. The molecule has 140 valence electrons. The molecular weight excluding hydrogens is 358 g/mol. The summed E-state index contributed by atoms with van der Waals surface area (Å²) >= 11 is 6.19. The van der Waals surface area contributed by atoms with Gasteiger partial charge in [-0.15, -0.1) is 0 Å². The zero-order chi connectivity index (χ0) is 19.1. The average molecular weight is 382 g/mol. The fourth-order valence-electron chi connectivity index (χ4n) is 2.82. The predicted molar refractivity (Wildman–Crippen MR) is 114 cm³/mol. The van der Waals surface area contributed by atoms with Crippen LogP contribution in [0.5, 0.6) is 0 Å². The summed E-state index contributed by atoms with van der Waals surface area (Å²) in [4.78, 5) is 11.1. The van der Waals surface area contributed by atoms with Gasteiger partial charge in [0.2, 0.25) is 5.95 Å². The van der Waals surface area contributed by atoms with E-state index in [1.165, 1.54) is 5.69 Å². The van der Waals surface area contributed by atoms with E-state index in [0.29, 0.717) is 12.5 Å². The van der Waals surface area contributed by atoms with Gasteiger partial charge in [0.1, 0.15) is 5.82 Å². The molecule has 2 aromatic carbocycles. The molecule has 0 bridgehead atoms. The van der Waals surface area contributed by atoms with E-state index in [1.807, 2.05) is 30.3 Å². The third-order valence-corrected chi connectivity index (χ3v) is 4.69. The van der Waals surface area contributed by atoms with E-state index in [-0.39, 0.29) is 0 Å². The summed E-state index contributed by atoms with van der Waals surface area (Å²) in [6, 6.07) is 17.9. The van der Waals surface area contributed by atoms with Crippen LogP contribution >= 0.6 is 11.6 Å².